The van der Waals surface area contributed by atoms with Crippen LogP contribution >= 0.6 is 33.9 Å². The predicted molar refractivity (Wildman–Crippen MR) is 115 cm³/mol. The molecule has 3 heterocycles. The van der Waals surface area contributed by atoms with E-state index in [1.807, 2.05) is 52.2 Å². The van der Waals surface area contributed by atoms with Crippen molar-refractivity contribution in [1.29, 1.82) is 0 Å². The zero-order valence-electron chi connectivity index (χ0n) is 14.2. The zero-order valence-corrected chi connectivity index (χ0v) is 18.0. The molecule has 0 saturated carbocycles. The summed E-state index contributed by atoms with van der Waals surface area (Å²) in [5.41, 5.74) is 2.66. The fourth-order valence-electron chi connectivity index (χ4n) is 3.10. The first kappa shape index (κ1) is 17.7. The summed E-state index contributed by atoms with van der Waals surface area (Å²) in [6.45, 7) is 0.628. The number of hydrogen-bond acceptors (Lipinski definition) is 5. The molecule has 8 heteroatoms. The van der Waals surface area contributed by atoms with Gasteiger partial charge in [-0.1, -0.05) is 12.1 Å². The molecule has 2 aromatic heterocycles. The summed E-state index contributed by atoms with van der Waals surface area (Å²) in [6, 6.07) is 10.0. The third-order valence-electron chi connectivity index (χ3n) is 4.29. The van der Waals surface area contributed by atoms with E-state index in [0.29, 0.717) is 11.4 Å². The van der Waals surface area contributed by atoms with Crippen molar-refractivity contribution in [3.05, 3.63) is 62.2 Å². The Morgan fingerprint density at radius 2 is 1.92 bits per heavy atom. The monoisotopic (exact) mass is 497 g/mol. The average Bonchev–Trinajstić information content (AvgIpc) is 3.20. The molecular formula is C18H16IN3O2S2. The smallest absolute Gasteiger partial charge is 0.177 e. The Bertz CT molecular complexity index is 1110. The molecule has 1 aliphatic heterocycles. The summed E-state index contributed by atoms with van der Waals surface area (Å²) in [4.78, 5) is 7.95. The van der Waals surface area contributed by atoms with E-state index in [9.17, 15) is 8.42 Å². The molecule has 5 nitrogen and oxygen atoms in total. The van der Waals surface area contributed by atoms with Crippen LogP contribution in [0, 0.1) is 3.57 Å². The second kappa shape index (κ2) is 6.50. The van der Waals surface area contributed by atoms with Gasteiger partial charge in [-0.05, 0) is 46.2 Å². The minimum atomic E-state index is -3.33. The molecule has 134 valence electrons. The summed E-state index contributed by atoms with van der Waals surface area (Å²) >= 11 is 3.85. The molecule has 1 aliphatic rings. The van der Waals surface area contributed by atoms with Crippen LogP contribution in [0.4, 0.5) is 5.82 Å². The molecule has 0 aliphatic carbocycles. The second-order valence-electron chi connectivity index (χ2n) is 6.19. The van der Waals surface area contributed by atoms with Gasteiger partial charge in [0, 0.05) is 39.1 Å². The maximum atomic E-state index is 12.3. The number of aromatic nitrogens is 2. The quantitative estimate of drug-likeness (QED) is 0.511. The largest absolute Gasteiger partial charge is 0.326 e. The van der Waals surface area contributed by atoms with Gasteiger partial charge in [0.2, 0.25) is 0 Å². The molecule has 3 aromatic rings. The zero-order chi connectivity index (χ0) is 18.5. The Hall–Kier alpha value is -1.65. The second-order valence-corrected chi connectivity index (χ2v) is 10.4. The SMILES string of the molecule is Cn1cnc(-c2ccc(I)cc2)c1N1C=C(S(C)(=O)=O)c2ccsc2C1. The molecule has 0 atom stereocenters. The van der Waals surface area contributed by atoms with Crippen molar-refractivity contribution in [2.45, 2.75) is 6.54 Å². The van der Waals surface area contributed by atoms with Gasteiger partial charge in [-0.2, -0.15) is 0 Å². The van der Waals surface area contributed by atoms with Gasteiger partial charge < -0.3 is 9.47 Å². The number of sulfone groups is 1. The Labute approximate surface area is 170 Å². The topological polar surface area (TPSA) is 55.2 Å². The van der Waals surface area contributed by atoms with E-state index in [0.717, 1.165) is 31.1 Å². The summed E-state index contributed by atoms with van der Waals surface area (Å²) < 4.78 is 27.7. The Morgan fingerprint density at radius 3 is 2.62 bits per heavy atom. The highest BCUT2D eigenvalue weighted by Crippen LogP contribution is 2.38. The lowest BCUT2D eigenvalue weighted by Crippen LogP contribution is -2.24. The standard InChI is InChI=1S/C18H16IN3O2S2/c1-21-11-20-17(12-3-5-13(19)6-4-12)18(21)22-9-15-14(7-8-25-15)16(10-22)26(2,23)24/h3-8,10-11H,9H2,1-2H3. The van der Waals surface area contributed by atoms with Crippen molar-refractivity contribution in [2.24, 2.45) is 7.05 Å². The highest BCUT2D eigenvalue weighted by molar-refractivity contribution is 14.1. The summed E-state index contributed by atoms with van der Waals surface area (Å²) in [5.74, 6) is 0.881. The molecule has 0 bridgehead atoms. The number of thiophene rings is 1. The molecule has 0 amide bonds. The van der Waals surface area contributed by atoms with E-state index in [-0.39, 0.29) is 0 Å². The first-order valence-electron chi connectivity index (χ1n) is 7.87. The fraction of sp³-hybridized carbons (Fsp3) is 0.167. The van der Waals surface area contributed by atoms with Gasteiger partial charge in [-0.25, -0.2) is 13.4 Å². The lowest BCUT2D eigenvalue weighted by Gasteiger charge is -2.27. The highest BCUT2D eigenvalue weighted by atomic mass is 127. The molecule has 1 aromatic carbocycles. The van der Waals surface area contributed by atoms with E-state index in [1.165, 1.54) is 6.26 Å². The van der Waals surface area contributed by atoms with E-state index in [4.69, 9.17) is 0 Å². The number of benzene rings is 1. The van der Waals surface area contributed by atoms with Crippen LogP contribution in [0.1, 0.15) is 10.4 Å². The van der Waals surface area contributed by atoms with Gasteiger partial charge in [-0.15, -0.1) is 11.3 Å². The van der Waals surface area contributed by atoms with Crippen molar-refractivity contribution < 1.29 is 8.42 Å². The van der Waals surface area contributed by atoms with Crippen LogP contribution in [0.15, 0.2) is 48.2 Å². The number of rotatable bonds is 3. The Morgan fingerprint density at radius 1 is 1.19 bits per heavy atom. The number of anilines is 1. The Balaban J connectivity index is 1.86. The van der Waals surface area contributed by atoms with E-state index in [1.54, 1.807) is 23.9 Å². The van der Waals surface area contributed by atoms with Crippen molar-refractivity contribution in [3.8, 4) is 11.3 Å². The molecule has 0 unspecified atom stereocenters. The van der Waals surface area contributed by atoms with Gasteiger partial charge in [0.25, 0.3) is 0 Å². The van der Waals surface area contributed by atoms with Gasteiger partial charge in [0.05, 0.1) is 17.8 Å². The van der Waals surface area contributed by atoms with Gasteiger partial charge in [0.15, 0.2) is 9.84 Å². The molecular weight excluding hydrogens is 481 g/mol. The number of aryl methyl sites for hydroxylation is 1. The van der Waals surface area contributed by atoms with Crippen molar-refractivity contribution >= 4 is 54.5 Å². The molecule has 0 N–H and O–H groups in total. The van der Waals surface area contributed by atoms with Crippen LogP contribution in [0.3, 0.4) is 0 Å². The third-order valence-corrected chi connectivity index (χ3v) is 7.04. The molecule has 26 heavy (non-hydrogen) atoms. The lowest BCUT2D eigenvalue weighted by atomic mass is 10.1. The first-order chi connectivity index (χ1) is 12.3. The summed E-state index contributed by atoms with van der Waals surface area (Å²) in [7, 11) is -1.41. The molecule has 0 fully saturated rings. The number of halogens is 1. The highest BCUT2D eigenvalue weighted by Gasteiger charge is 2.28. The van der Waals surface area contributed by atoms with E-state index < -0.39 is 9.84 Å². The molecule has 4 rings (SSSR count). The van der Waals surface area contributed by atoms with Crippen LogP contribution < -0.4 is 4.90 Å². The van der Waals surface area contributed by atoms with Crippen LogP contribution in [0.2, 0.25) is 0 Å². The van der Waals surface area contributed by atoms with Gasteiger partial charge in [-0.3, -0.25) is 0 Å². The van der Waals surface area contributed by atoms with E-state index >= 15 is 0 Å². The molecule has 0 radical (unpaired) electrons. The summed E-state index contributed by atoms with van der Waals surface area (Å²) in [5, 5.41) is 1.94. The van der Waals surface area contributed by atoms with E-state index in [2.05, 4.69) is 27.6 Å². The minimum Gasteiger partial charge on any atom is -0.326 e. The number of fused-ring (bicyclic) bond motifs is 1. The van der Waals surface area contributed by atoms with Crippen LogP contribution in [-0.4, -0.2) is 24.2 Å². The summed E-state index contributed by atoms with van der Waals surface area (Å²) in [6.07, 6.45) is 4.76. The predicted octanol–water partition coefficient (Wildman–Crippen LogP) is 4.12. The number of nitrogens with zero attached hydrogens (tertiary/aromatic N) is 3. The van der Waals surface area contributed by atoms with Gasteiger partial charge in [0.1, 0.15) is 11.5 Å². The molecule has 0 spiro atoms. The van der Waals surface area contributed by atoms with Crippen LogP contribution in [0.25, 0.3) is 16.2 Å². The van der Waals surface area contributed by atoms with Crippen LogP contribution in [-0.2, 0) is 23.4 Å². The lowest BCUT2D eigenvalue weighted by molar-refractivity contribution is 0.611. The average molecular weight is 497 g/mol. The first-order valence-corrected chi connectivity index (χ1v) is 11.7. The van der Waals surface area contributed by atoms with Crippen molar-refractivity contribution in [1.82, 2.24) is 9.55 Å². The fourth-order valence-corrected chi connectivity index (χ4v) is 5.32. The normalized spacial score (nSPS) is 14.3. The maximum Gasteiger partial charge on any atom is 0.177 e. The van der Waals surface area contributed by atoms with Crippen molar-refractivity contribution in [2.75, 3.05) is 11.2 Å². The molecule has 0 saturated heterocycles. The maximum absolute atomic E-state index is 12.3. The Kier molecular flexibility index (Phi) is 4.44. The third kappa shape index (κ3) is 3.10. The van der Waals surface area contributed by atoms with Gasteiger partial charge >= 0.3 is 0 Å². The number of hydrogen-bond donors (Lipinski definition) is 0. The minimum absolute atomic E-state index is 0.356. The van der Waals surface area contributed by atoms with Crippen molar-refractivity contribution in [3.63, 3.8) is 0 Å². The van der Waals surface area contributed by atoms with Crippen LogP contribution in [0.5, 0.6) is 0 Å². The number of imidazole rings is 1.